The van der Waals surface area contributed by atoms with Crippen LogP contribution >= 0.6 is 0 Å². The molecule has 4 nitrogen and oxygen atoms in total. The smallest absolute Gasteiger partial charge is 0.357 e. The minimum atomic E-state index is -4.07. The van der Waals surface area contributed by atoms with Gasteiger partial charge in [0.25, 0.3) is 0 Å². The fourth-order valence-corrected chi connectivity index (χ4v) is 2.94. The van der Waals surface area contributed by atoms with Crippen molar-refractivity contribution in [3.8, 4) is 0 Å². The second-order valence-electron chi connectivity index (χ2n) is 5.35. The lowest BCUT2D eigenvalue weighted by Crippen LogP contribution is -2.40. The molecular formula is C13H21F3N4. The Bertz CT molecular complexity index is 459. The number of nitrogens with two attached hydrogens (primary N) is 1. The highest BCUT2D eigenvalue weighted by molar-refractivity contribution is 5.50. The summed E-state index contributed by atoms with van der Waals surface area (Å²) in [5.41, 5.74) is 7.58. The number of piperidine rings is 1. The molecule has 0 bridgehead atoms. The van der Waals surface area contributed by atoms with Gasteiger partial charge in [-0.25, -0.2) is 0 Å². The lowest BCUT2D eigenvalue weighted by atomic mass is 9.96. The molecule has 0 saturated carbocycles. The molecule has 0 spiro atoms. The van der Waals surface area contributed by atoms with Crippen LogP contribution in [0.15, 0.2) is 0 Å². The number of nitrogens with zero attached hydrogens (tertiary/aromatic N) is 3. The largest absolute Gasteiger partial charge is 0.391 e. The summed E-state index contributed by atoms with van der Waals surface area (Å²) in [5.74, 6) is -0.250. The lowest BCUT2D eigenvalue weighted by Gasteiger charge is -2.34. The second-order valence-corrected chi connectivity index (χ2v) is 5.35. The molecule has 114 valence electrons. The number of hydrogen-bond donors (Lipinski definition) is 1. The third-order valence-electron chi connectivity index (χ3n) is 3.96. The standard InChI is InChI=1S/C13H21F3N4/c1-9-11(3-6-17)12(19(2)18-9)20-7-4-10(5-8-20)13(14,15)16/h10H,3-8,17H2,1-2H3. The van der Waals surface area contributed by atoms with Gasteiger partial charge in [-0.15, -0.1) is 0 Å². The molecule has 20 heavy (non-hydrogen) atoms. The Labute approximate surface area is 116 Å². The van der Waals surface area contributed by atoms with Gasteiger partial charge in [-0.05, 0) is 32.7 Å². The summed E-state index contributed by atoms with van der Waals surface area (Å²) in [4.78, 5) is 2.01. The highest BCUT2D eigenvalue weighted by Gasteiger charge is 2.41. The van der Waals surface area contributed by atoms with Crippen molar-refractivity contribution in [2.45, 2.75) is 32.4 Å². The molecule has 1 aliphatic rings. The van der Waals surface area contributed by atoms with Crippen molar-refractivity contribution in [3.05, 3.63) is 11.3 Å². The van der Waals surface area contributed by atoms with E-state index in [0.29, 0.717) is 26.1 Å². The topological polar surface area (TPSA) is 47.1 Å². The number of aryl methyl sites for hydroxylation is 2. The molecule has 0 aromatic carbocycles. The molecule has 0 radical (unpaired) electrons. The molecule has 1 fully saturated rings. The summed E-state index contributed by atoms with van der Waals surface area (Å²) < 4.78 is 39.9. The summed E-state index contributed by atoms with van der Waals surface area (Å²) in [7, 11) is 1.83. The van der Waals surface area contributed by atoms with E-state index in [-0.39, 0.29) is 12.8 Å². The molecule has 0 amide bonds. The van der Waals surface area contributed by atoms with Gasteiger partial charge in [-0.2, -0.15) is 18.3 Å². The number of aromatic nitrogens is 2. The van der Waals surface area contributed by atoms with Crippen molar-refractivity contribution >= 4 is 5.82 Å². The number of halogens is 3. The second kappa shape index (κ2) is 5.63. The Morgan fingerprint density at radius 3 is 2.40 bits per heavy atom. The Morgan fingerprint density at radius 2 is 1.90 bits per heavy atom. The fraction of sp³-hybridized carbons (Fsp3) is 0.769. The Hall–Kier alpha value is -1.24. The molecule has 0 atom stereocenters. The lowest BCUT2D eigenvalue weighted by molar-refractivity contribution is -0.179. The van der Waals surface area contributed by atoms with Crippen LogP contribution in [0.5, 0.6) is 0 Å². The molecular weight excluding hydrogens is 269 g/mol. The van der Waals surface area contributed by atoms with Crippen LogP contribution in [0.4, 0.5) is 19.0 Å². The van der Waals surface area contributed by atoms with Crippen LogP contribution in [0.1, 0.15) is 24.1 Å². The van der Waals surface area contributed by atoms with Crippen molar-refractivity contribution in [1.82, 2.24) is 9.78 Å². The van der Waals surface area contributed by atoms with E-state index in [0.717, 1.165) is 17.1 Å². The summed E-state index contributed by atoms with van der Waals surface area (Å²) >= 11 is 0. The van der Waals surface area contributed by atoms with Gasteiger partial charge in [0, 0.05) is 25.7 Å². The van der Waals surface area contributed by atoms with E-state index >= 15 is 0 Å². The number of anilines is 1. The maximum Gasteiger partial charge on any atom is 0.391 e. The number of hydrogen-bond acceptors (Lipinski definition) is 3. The quantitative estimate of drug-likeness (QED) is 0.926. The first-order valence-corrected chi connectivity index (χ1v) is 6.88. The van der Waals surface area contributed by atoms with Gasteiger partial charge in [0.1, 0.15) is 5.82 Å². The molecule has 1 aromatic rings. The van der Waals surface area contributed by atoms with E-state index < -0.39 is 12.1 Å². The van der Waals surface area contributed by atoms with E-state index in [9.17, 15) is 13.2 Å². The third-order valence-corrected chi connectivity index (χ3v) is 3.96. The van der Waals surface area contributed by atoms with Gasteiger partial charge < -0.3 is 10.6 Å². The summed E-state index contributed by atoms with van der Waals surface area (Å²) in [6, 6.07) is 0. The molecule has 2 N–H and O–H groups in total. The molecule has 2 heterocycles. The van der Waals surface area contributed by atoms with Crippen molar-refractivity contribution in [2.75, 3.05) is 24.5 Å². The highest BCUT2D eigenvalue weighted by Crippen LogP contribution is 2.36. The first-order chi connectivity index (χ1) is 9.34. The van der Waals surface area contributed by atoms with Crippen molar-refractivity contribution in [3.63, 3.8) is 0 Å². The zero-order chi connectivity index (χ0) is 14.9. The van der Waals surface area contributed by atoms with Gasteiger partial charge in [-0.1, -0.05) is 0 Å². The van der Waals surface area contributed by atoms with Gasteiger partial charge in [-0.3, -0.25) is 4.68 Å². The van der Waals surface area contributed by atoms with Crippen molar-refractivity contribution in [1.29, 1.82) is 0 Å². The molecule has 2 rings (SSSR count). The average Bonchev–Trinajstić information content (AvgIpc) is 2.64. The van der Waals surface area contributed by atoms with E-state index in [1.165, 1.54) is 0 Å². The van der Waals surface area contributed by atoms with E-state index in [4.69, 9.17) is 5.73 Å². The van der Waals surface area contributed by atoms with E-state index in [1.807, 2.05) is 18.9 Å². The van der Waals surface area contributed by atoms with Crippen LogP contribution in [-0.2, 0) is 13.5 Å². The van der Waals surface area contributed by atoms with Crippen LogP contribution < -0.4 is 10.6 Å². The molecule has 1 aliphatic heterocycles. The zero-order valence-electron chi connectivity index (χ0n) is 11.9. The van der Waals surface area contributed by atoms with Crippen molar-refractivity contribution < 1.29 is 13.2 Å². The summed E-state index contributed by atoms with van der Waals surface area (Å²) in [6.07, 6.45) is -3.08. The fourth-order valence-electron chi connectivity index (χ4n) is 2.94. The summed E-state index contributed by atoms with van der Waals surface area (Å²) in [6.45, 7) is 3.26. The molecule has 0 unspecified atom stereocenters. The third kappa shape index (κ3) is 2.92. The molecule has 1 saturated heterocycles. The maximum atomic E-state index is 12.7. The molecule has 0 aliphatic carbocycles. The van der Waals surface area contributed by atoms with Crippen LogP contribution in [0.25, 0.3) is 0 Å². The van der Waals surface area contributed by atoms with Crippen LogP contribution in [0.3, 0.4) is 0 Å². The van der Waals surface area contributed by atoms with Gasteiger partial charge in [0.05, 0.1) is 11.6 Å². The SMILES string of the molecule is Cc1nn(C)c(N2CCC(C(F)(F)F)CC2)c1CCN. The average molecular weight is 290 g/mol. The zero-order valence-corrected chi connectivity index (χ0v) is 11.9. The molecule has 1 aromatic heterocycles. The predicted molar refractivity (Wildman–Crippen MR) is 71.7 cm³/mol. The van der Waals surface area contributed by atoms with Gasteiger partial charge in [0.15, 0.2) is 0 Å². The Balaban J connectivity index is 2.15. The van der Waals surface area contributed by atoms with Crippen LogP contribution in [0, 0.1) is 12.8 Å². The monoisotopic (exact) mass is 290 g/mol. The minimum Gasteiger partial charge on any atom is -0.357 e. The van der Waals surface area contributed by atoms with Crippen LogP contribution in [0.2, 0.25) is 0 Å². The van der Waals surface area contributed by atoms with E-state index in [1.54, 1.807) is 4.68 Å². The minimum absolute atomic E-state index is 0.149. The number of rotatable bonds is 3. The Morgan fingerprint density at radius 1 is 1.30 bits per heavy atom. The number of alkyl halides is 3. The maximum absolute atomic E-state index is 12.7. The Kier molecular flexibility index (Phi) is 4.27. The normalized spacial score (nSPS) is 17.8. The van der Waals surface area contributed by atoms with Crippen LogP contribution in [-0.4, -0.2) is 35.6 Å². The first-order valence-electron chi connectivity index (χ1n) is 6.88. The first kappa shape index (κ1) is 15.2. The highest BCUT2D eigenvalue weighted by atomic mass is 19.4. The predicted octanol–water partition coefficient (Wildman–Crippen LogP) is 2.01. The van der Waals surface area contributed by atoms with Crippen molar-refractivity contribution in [2.24, 2.45) is 18.7 Å². The van der Waals surface area contributed by atoms with Gasteiger partial charge >= 0.3 is 6.18 Å². The molecule has 7 heteroatoms. The summed E-state index contributed by atoms with van der Waals surface area (Å²) in [5, 5.41) is 4.37. The van der Waals surface area contributed by atoms with Gasteiger partial charge in [0.2, 0.25) is 0 Å². The van der Waals surface area contributed by atoms with E-state index in [2.05, 4.69) is 5.10 Å².